The van der Waals surface area contributed by atoms with Gasteiger partial charge in [0, 0.05) is 36.6 Å². The number of aromatic amines is 1. The Hall–Kier alpha value is -3.76. The Morgan fingerprint density at radius 3 is 2.62 bits per heavy atom. The van der Waals surface area contributed by atoms with Gasteiger partial charge in [-0.15, -0.1) is 5.10 Å². The van der Waals surface area contributed by atoms with Crippen LogP contribution in [0.25, 0.3) is 16.8 Å². The molecule has 148 valence electrons. The Kier molecular flexibility index (Phi) is 4.71. The van der Waals surface area contributed by atoms with Gasteiger partial charge >= 0.3 is 6.01 Å². The summed E-state index contributed by atoms with van der Waals surface area (Å²) < 4.78 is 47.4. The minimum atomic E-state index is -3.31. The third-order valence-corrected chi connectivity index (χ3v) is 4.04. The highest BCUT2D eigenvalue weighted by Crippen LogP contribution is 2.30. The second-order valence-electron chi connectivity index (χ2n) is 6.24. The summed E-state index contributed by atoms with van der Waals surface area (Å²) in [7, 11) is 0. The number of hydrogen-bond donors (Lipinski definition) is 1. The van der Waals surface area contributed by atoms with E-state index in [9.17, 15) is 13.2 Å². The van der Waals surface area contributed by atoms with E-state index in [0.29, 0.717) is 12.6 Å². The maximum absolute atomic E-state index is 13.6. The number of benzene rings is 1. The van der Waals surface area contributed by atoms with Gasteiger partial charge in [0.1, 0.15) is 18.1 Å². The highest BCUT2D eigenvalue weighted by molar-refractivity contribution is 5.59. The van der Waals surface area contributed by atoms with Crippen LogP contribution in [0.2, 0.25) is 0 Å². The molecule has 1 aromatic carbocycles. The minimum absolute atomic E-state index is 0.0169. The summed E-state index contributed by atoms with van der Waals surface area (Å²) in [5.41, 5.74) is 1.58. The zero-order valence-corrected chi connectivity index (χ0v) is 15.1. The van der Waals surface area contributed by atoms with E-state index >= 15 is 0 Å². The Morgan fingerprint density at radius 1 is 1.14 bits per heavy atom. The van der Waals surface area contributed by atoms with Crippen LogP contribution in [0, 0.1) is 5.82 Å². The highest BCUT2D eigenvalue weighted by atomic mass is 19.3. The maximum atomic E-state index is 13.6. The molecule has 0 saturated heterocycles. The van der Waals surface area contributed by atoms with Gasteiger partial charge in [0.2, 0.25) is 0 Å². The molecule has 0 amide bonds. The average molecular weight is 401 g/mol. The van der Waals surface area contributed by atoms with Crippen molar-refractivity contribution in [2.45, 2.75) is 19.5 Å². The molecule has 3 heterocycles. The van der Waals surface area contributed by atoms with Crippen molar-refractivity contribution in [2.24, 2.45) is 0 Å². The monoisotopic (exact) mass is 401 g/mol. The topological polar surface area (TPSA) is 94.4 Å². The lowest BCUT2D eigenvalue weighted by Crippen LogP contribution is -2.11. The zero-order chi connectivity index (χ0) is 20.4. The van der Waals surface area contributed by atoms with Crippen LogP contribution in [0.1, 0.15) is 18.2 Å². The normalized spacial score (nSPS) is 11.6. The number of halogens is 3. The number of H-pyrrole nitrogens is 1. The fraction of sp³-hybridized carbons (Fsp3) is 0.167. The lowest BCUT2D eigenvalue weighted by atomic mass is 10.1. The molecule has 0 radical (unpaired) electrons. The maximum Gasteiger partial charge on any atom is 0.316 e. The third kappa shape index (κ3) is 4.08. The van der Waals surface area contributed by atoms with E-state index in [1.165, 1.54) is 16.9 Å². The standard InChI is InChI=1S/C18H14F3N7O/c1-18(20,21)15-4-14(2-3-16(15)19)28-9-13(26-27-28)10-29-17-22-5-11(6-23-17)12-7-24-25-8-12/h2-9H,10H2,1H3,(H,24,25). The van der Waals surface area contributed by atoms with Crippen molar-refractivity contribution >= 4 is 0 Å². The molecule has 0 saturated carbocycles. The summed E-state index contributed by atoms with van der Waals surface area (Å²) in [6.45, 7) is 0.649. The molecule has 0 bridgehead atoms. The van der Waals surface area contributed by atoms with Gasteiger partial charge < -0.3 is 4.74 Å². The third-order valence-electron chi connectivity index (χ3n) is 4.04. The van der Waals surface area contributed by atoms with Crippen LogP contribution in [0.4, 0.5) is 13.2 Å². The second-order valence-corrected chi connectivity index (χ2v) is 6.24. The fourth-order valence-electron chi connectivity index (χ4n) is 2.57. The summed E-state index contributed by atoms with van der Waals surface area (Å²) in [4.78, 5) is 8.22. The number of nitrogens with one attached hydrogen (secondary N) is 1. The molecule has 3 aromatic heterocycles. The second kappa shape index (κ2) is 7.34. The van der Waals surface area contributed by atoms with Crippen LogP contribution in [-0.2, 0) is 12.5 Å². The molecule has 1 N–H and O–H groups in total. The Balaban J connectivity index is 1.45. The molecule has 0 aliphatic heterocycles. The first-order valence-electron chi connectivity index (χ1n) is 8.43. The Morgan fingerprint density at radius 2 is 1.93 bits per heavy atom. The molecule has 4 aromatic rings. The molecule has 8 nitrogen and oxygen atoms in total. The summed E-state index contributed by atoms with van der Waals surface area (Å²) >= 11 is 0. The molecule has 29 heavy (non-hydrogen) atoms. The largest absolute Gasteiger partial charge is 0.457 e. The SMILES string of the molecule is CC(F)(F)c1cc(-n2cc(COc3ncc(-c4cn[nH]c4)cn3)nn2)ccc1F. The summed E-state index contributed by atoms with van der Waals surface area (Å²) in [6.07, 6.45) is 8.04. The number of hydrogen-bond acceptors (Lipinski definition) is 6. The van der Waals surface area contributed by atoms with Gasteiger partial charge in [-0.1, -0.05) is 5.21 Å². The number of nitrogens with zero attached hydrogens (tertiary/aromatic N) is 6. The van der Waals surface area contributed by atoms with Gasteiger partial charge in [-0.25, -0.2) is 27.8 Å². The predicted molar refractivity (Wildman–Crippen MR) is 94.8 cm³/mol. The van der Waals surface area contributed by atoms with E-state index in [0.717, 1.165) is 23.3 Å². The van der Waals surface area contributed by atoms with Gasteiger partial charge in [-0.05, 0) is 18.2 Å². The molecule has 0 fully saturated rings. The van der Waals surface area contributed by atoms with Crippen LogP contribution in [0.3, 0.4) is 0 Å². The molecule has 4 rings (SSSR count). The molecule has 0 spiro atoms. The van der Waals surface area contributed by atoms with Gasteiger partial charge in [-0.3, -0.25) is 5.10 Å². The number of alkyl halides is 2. The van der Waals surface area contributed by atoms with Crippen LogP contribution >= 0.6 is 0 Å². The average Bonchev–Trinajstić information content (AvgIpc) is 3.39. The van der Waals surface area contributed by atoms with E-state index in [4.69, 9.17) is 4.74 Å². The lowest BCUT2D eigenvalue weighted by molar-refractivity contribution is 0.0137. The van der Waals surface area contributed by atoms with E-state index in [-0.39, 0.29) is 18.3 Å². The van der Waals surface area contributed by atoms with Gasteiger partial charge in [0.15, 0.2) is 0 Å². The molecule has 0 atom stereocenters. The van der Waals surface area contributed by atoms with Gasteiger partial charge in [0.25, 0.3) is 5.92 Å². The van der Waals surface area contributed by atoms with Crippen LogP contribution in [0.5, 0.6) is 6.01 Å². The first-order chi connectivity index (χ1) is 13.9. The van der Waals surface area contributed by atoms with Crippen LogP contribution < -0.4 is 4.74 Å². The van der Waals surface area contributed by atoms with Crippen molar-refractivity contribution < 1.29 is 17.9 Å². The van der Waals surface area contributed by atoms with E-state index < -0.39 is 17.3 Å². The summed E-state index contributed by atoms with van der Waals surface area (Å²) in [5, 5.41) is 14.3. The van der Waals surface area contributed by atoms with Crippen molar-refractivity contribution in [3.8, 4) is 22.8 Å². The smallest absolute Gasteiger partial charge is 0.316 e. The van der Waals surface area contributed by atoms with Crippen molar-refractivity contribution in [1.29, 1.82) is 0 Å². The Bertz CT molecular complexity index is 1110. The Labute approximate surface area is 162 Å². The van der Waals surface area contributed by atoms with Crippen molar-refractivity contribution in [3.05, 3.63) is 66.3 Å². The number of ether oxygens (including phenoxy) is 1. The first kappa shape index (κ1) is 18.6. The highest BCUT2D eigenvalue weighted by Gasteiger charge is 2.28. The predicted octanol–water partition coefficient (Wildman–Crippen LogP) is 3.28. The zero-order valence-electron chi connectivity index (χ0n) is 15.1. The van der Waals surface area contributed by atoms with Crippen LogP contribution in [0.15, 0.2) is 49.2 Å². The number of rotatable bonds is 6. The van der Waals surface area contributed by atoms with Gasteiger partial charge in [-0.2, -0.15) is 5.10 Å². The molecule has 0 aliphatic rings. The summed E-state index contributed by atoms with van der Waals surface area (Å²) in [6, 6.07) is 3.48. The molecule has 0 aliphatic carbocycles. The van der Waals surface area contributed by atoms with E-state index in [1.807, 2.05) is 0 Å². The minimum Gasteiger partial charge on any atom is -0.457 e. The van der Waals surface area contributed by atoms with Crippen molar-refractivity contribution in [1.82, 2.24) is 35.2 Å². The summed E-state index contributed by atoms with van der Waals surface area (Å²) in [5.74, 6) is -4.30. The van der Waals surface area contributed by atoms with Crippen molar-refractivity contribution in [3.63, 3.8) is 0 Å². The van der Waals surface area contributed by atoms with E-state index in [1.54, 1.807) is 24.8 Å². The molecule has 11 heteroatoms. The first-order valence-corrected chi connectivity index (χ1v) is 8.43. The molecule has 0 unspecified atom stereocenters. The van der Waals surface area contributed by atoms with E-state index in [2.05, 4.69) is 30.5 Å². The van der Waals surface area contributed by atoms with Gasteiger partial charge in [0.05, 0.1) is 23.6 Å². The van der Waals surface area contributed by atoms with Crippen LogP contribution in [-0.4, -0.2) is 35.2 Å². The number of aromatic nitrogens is 7. The molecular formula is C18H14F3N7O. The lowest BCUT2D eigenvalue weighted by Gasteiger charge is -2.12. The van der Waals surface area contributed by atoms with Crippen molar-refractivity contribution in [2.75, 3.05) is 0 Å². The quantitative estimate of drug-likeness (QED) is 0.533. The fourth-order valence-corrected chi connectivity index (χ4v) is 2.57. The molecular weight excluding hydrogens is 387 g/mol.